The Bertz CT molecular complexity index is 184. The lowest BCUT2D eigenvalue weighted by molar-refractivity contribution is -0.137. The molecular formula is C16H36O2Si. The zero-order chi connectivity index (χ0) is 13.5. The van der Waals surface area contributed by atoms with E-state index in [1.165, 1.54) is 70.6 Å². The highest BCUT2D eigenvalue weighted by Crippen LogP contribution is 2.12. The molecular weight excluding hydrogens is 252 g/mol. The summed E-state index contributed by atoms with van der Waals surface area (Å²) in [5, 5.41) is 8.49. The lowest BCUT2D eigenvalue weighted by Gasteiger charge is -2.02. The third-order valence-corrected chi connectivity index (χ3v) is 3.49. The minimum atomic E-state index is -0.655. The van der Waals surface area contributed by atoms with E-state index in [1.807, 2.05) is 0 Å². The summed E-state index contributed by atoms with van der Waals surface area (Å²) in [7, 11) is 0. The topological polar surface area (TPSA) is 37.3 Å². The Hall–Kier alpha value is -0.313. The van der Waals surface area contributed by atoms with Crippen LogP contribution in [0.3, 0.4) is 0 Å². The summed E-state index contributed by atoms with van der Waals surface area (Å²) in [6.45, 7) is 2.26. The number of carboxylic acid groups (broad SMARTS) is 1. The highest BCUT2D eigenvalue weighted by Gasteiger charge is 1.96. The van der Waals surface area contributed by atoms with Crippen LogP contribution in [0.4, 0.5) is 0 Å². The molecule has 0 aliphatic carbocycles. The first-order valence-electron chi connectivity index (χ1n) is 7.99. The van der Waals surface area contributed by atoms with Crippen molar-refractivity contribution >= 4 is 16.9 Å². The molecule has 0 aliphatic rings. The van der Waals surface area contributed by atoms with E-state index in [0.717, 1.165) is 12.8 Å². The molecule has 0 saturated carbocycles. The Morgan fingerprint density at radius 3 is 1.32 bits per heavy atom. The lowest BCUT2D eigenvalue weighted by Crippen LogP contribution is -1.93. The SMILES string of the molecule is CCCCCCCCCCCCCCCC(=O)O.[SiH4]. The first kappa shape index (κ1) is 21.0. The molecule has 2 nitrogen and oxygen atoms in total. The summed E-state index contributed by atoms with van der Waals surface area (Å²) < 4.78 is 0. The van der Waals surface area contributed by atoms with Crippen LogP contribution in [0.15, 0.2) is 0 Å². The zero-order valence-electron chi connectivity index (χ0n) is 12.3. The molecule has 19 heavy (non-hydrogen) atoms. The van der Waals surface area contributed by atoms with Gasteiger partial charge in [-0.2, -0.15) is 0 Å². The van der Waals surface area contributed by atoms with Gasteiger partial charge in [0.05, 0.1) is 0 Å². The van der Waals surface area contributed by atoms with E-state index in [2.05, 4.69) is 6.92 Å². The van der Waals surface area contributed by atoms with Crippen molar-refractivity contribution < 1.29 is 9.90 Å². The van der Waals surface area contributed by atoms with Gasteiger partial charge in [0.25, 0.3) is 0 Å². The first-order chi connectivity index (χ1) is 8.77. The fourth-order valence-electron chi connectivity index (χ4n) is 2.29. The summed E-state index contributed by atoms with van der Waals surface area (Å²) >= 11 is 0. The second kappa shape index (κ2) is 17.7. The number of carboxylic acids is 1. The van der Waals surface area contributed by atoms with Gasteiger partial charge < -0.3 is 5.11 Å². The second-order valence-corrected chi connectivity index (χ2v) is 5.39. The van der Waals surface area contributed by atoms with Gasteiger partial charge in [-0.1, -0.05) is 84.0 Å². The van der Waals surface area contributed by atoms with Crippen LogP contribution < -0.4 is 0 Å². The molecule has 3 heteroatoms. The van der Waals surface area contributed by atoms with Crippen LogP contribution in [0.2, 0.25) is 0 Å². The summed E-state index contributed by atoms with van der Waals surface area (Å²) in [5.41, 5.74) is 0. The quantitative estimate of drug-likeness (QED) is 0.386. The Morgan fingerprint density at radius 2 is 1.00 bits per heavy atom. The summed E-state index contributed by atoms with van der Waals surface area (Å²) in [5.74, 6) is -0.655. The maximum absolute atomic E-state index is 10.3. The van der Waals surface area contributed by atoms with Crippen molar-refractivity contribution in [1.82, 2.24) is 0 Å². The van der Waals surface area contributed by atoms with Crippen molar-refractivity contribution in [3.8, 4) is 0 Å². The minimum absolute atomic E-state index is 0. The predicted octanol–water partition coefficient (Wildman–Crippen LogP) is 4.10. The van der Waals surface area contributed by atoms with Gasteiger partial charge >= 0.3 is 5.97 Å². The molecule has 0 radical (unpaired) electrons. The van der Waals surface area contributed by atoms with E-state index in [9.17, 15) is 4.79 Å². The number of aliphatic carboxylic acids is 1. The maximum Gasteiger partial charge on any atom is 0.303 e. The minimum Gasteiger partial charge on any atom is -0.481 e. The fourth-order valence-corrected chi connectivity index (χ4v) is 2.29. The molecule has 0 bridgehead atoms. The number of hydrogen-bond acceptors (Lipinski definition) is 1. The predicted molar refractivity (Wildman–Crippen MR) is 89.3 cm³/mol. The van der Waals surface area contributed by atoms with E-state index >= 15 is 0 Å². The normalized spacial score (nSPS) is 10.2. The third-order valence-electron chi connectivity index (χ3n) is 3.49. The van der Waals surface area contributed by atoms with Crippen LogP contribution in [-0.4, -0.2) is 22.0 Å². The summed E-state index contributed by atoms with van der Waals surface area (Å²) in [6, 6.07) is 0. The van der Waals surface area contributed by atoms with E-state index in [0.29, 0.717) is 6.42 Å². The number of unbranched alkanes of at least 4 members (excludes halogenated alkanes) is 12. The molecule has 0 spiro atoms. The van der Waals surface area contributed by atoms with Crippen LogP contribution in [0.1, 0.15) is 96.8 Å². The van der Waals surface area contributed by atoms with Gasteiger partial charge in [-0.05, 0) is 17.4 Å². The van der Waals surface area contributed by atoms with Gasteiger partial charge in [-0.3, -0.25) is 4.79 Å². The van der Waals surface area contributed by atoms with Crippen LogP contribution in [0.25, 0.3) is 0 Å². The highest BCUT2D eigenvalue weighted by molar-refractivity contribution is 5.75. The molecule has 0 aliphatic heterocycles. The molecule has 116 valence electrons. The maximum atomic E-state index is 10.3. The van der Waals surface area contributed by atoms with Crippen LogP contribution in [0.5, 0.6) is 0 Å². The van der Waals surface area contributed by atoms with E-state index < -0.39 is 5.97 Å². The van der Waals surface area contributed by atoms with E-state index in [1.54, 1.807) is 0 Å². The summed E-state index contributed by atoms with van der Waals surface area (Å²) in [6.07, 6.45) is 17.3. The number of carbonyl (C=O) groups is 1. The highest BCUT2D eigenvalue weighted by atomic mass is 28.1. The lowest BCUT2D eigenvalue weighted by atomic mass is 10.0. The molecule has 0 amide bonds. The number of rotatable bonds is 14. The van der Waals surface area contributed by atoms with Gasteiger partial charge in [0.15, 0.2) is 0 Å². The Morgan fingerprint density at radius 1 is 0.684 bits per heavy atom. The van der Waals surface area contributed by atoms with Crippen molar-refractivity contribution in [3.05, 3.63) is 0 Å². The Kier molecular flexibility index (Phi) is 19.5. The van der Waals surface area contributed by atoms with Crippen molar-refractivity contribution in [2.75, 3.05) is 0 Å². The molecule has 0 atom stereocenters. The zero-order valence-corrected chi connectivity index (χ0v) is 12.3. The van der Waals surface area contributed by atoms with Crippen LogP contribution >= 0.6 is 0 Å². The first-order valence-corrected chi connectivity index (χ1v) is 7.99. The molecule has 0 aromatic heterocycles. The van der Waals surface area contributed by atoms with Gasteiger partial charge in [0.1, 0.15) is 0 Å². The fraction of sp³-hybridized carbons (Fsp3) is 0.938. The van der Waals surface area contributed by atoms with Gasteiger partial charge in [-0.25, -0.2) is 0 Å². The van der Waals surface area contributed by atoms with Crippen LogP contribution in [0, 0.1) is 0 Å². The van der Waals surface area contributed by atoms with Gasteiger partial charge in [-0.15, -0.1) is 0 Å². The molecule has 0 saturated heterocycles. The second-order valence-electron chi connectivity index (χ2n) is 5.39. The number of hydrogen-bond donors (Lipinski definition) is 1. The molecule has 1 N–H and O–H groups in total. The average Bonchev–Trinajstić information content (AvgIpc) is 2.34. The Balaban J connectivity index is 0. The molecule has 0 rings (SSSR count). The largest absolute Gasteiger partial charge is 0.481 e. The van der Waals surface area contributed by atoms with Crippen molar-refractivity contribution in [1.29, 1.82) is 0 Å². The third kappa shape index (κ3) is 20.2. The Labute approximate surface area is 124 Å². The van der Waals surface area contributed by atoms with Crippen molar-refractivity contribution in [2.24, 2.45) is 0 Å². The molecule has 0 aromatic rings. The van der Waals surface area contributed by atoms with Gasteiger partial charge in [0.2, 0.25) is 0 Å². The van der Waals surface area contributed by atoms with E-state index in [-0.39, 0.29) is 11.0 Å². The molecule has 0 aromatic carbocycles. The van der Waals surface area contributed by atoms with Crippen molar-refractivity contribution in [2.45, 2.75) is 96.8 Å². The average molecular weight is 289 g/mol. The van der Waals surface area contributed by atoms with Gasteiger partial charge in [0, 0.05) is 6.42 Å². The smallest absolute Gasteiger partial charge is 0.303 e. The monoisotopic (exact) mass is 288 g/mol. The molecule has 0 fully saturated rings. The molecule has 0 heterocycles. The van der Waals surface area contributed by atoms with Crippen molar-refractivity contribution in [3.63, 3.8) is 0 Å². The van der Waals surface area contributed by atoms with Crippen LogP contribution in [-0.2, 0) is 4.79 Å². The standard InChI is InChI=1S/C16H32O2.H4Si/c1-2-3-4-5-6-7-8-9-10-11-12-13-14-15-16(17)18;/h2-15H2,1H3,(H,17,18);1H4. The summed E-state index contributed by atoms with van der Waals surface area (Å²) in [4.78, 5) is 10.3. The molecule has 0 unspecified atom stereocenters. The van der Waals surface area contributed by atoms with E-state index in [4.69, 9.17) is 5.11 Å².